The molecule has 2 amide bonds. The maximum Gasteiger partial charge on any atom is 0.418 e. The molecule has 0 unspecified atom stereocenters. The Bertz CT molecular complexity index is 551. The van der Waals surface area contributed by atoms with Crippen LogP contribution in [-0.2, 0) is 15.7 Å². The molecule has 0 atom stereocenters. The highest BCUT2D eigenvalue weighted by Gasteiger charge is 2.33. The second kappa shape index (κ2) is 6.67. The number of carbonyl (C=O) groups is 2. The molecule has 2 N–H and O–H groups in total. The predicted octanol–water partition coefficient (Wildman–Crippen LogP) is 3.17. The third-order valence-electron chi connectivity index (χ3n) is 2.30. The number of hydrogen-bond acceptors (Lipinski definition) is 3. The van der Waals surface area contributed by atoms with Gasteiger partial charge in [-0.05, 0) is 32.9 Å². The quantitative estimate of drug-likeness (QED) is 0.899. The summed E-state index contributed by atoms with van der Waals surface area (Å²) >= 11 is 0. The van der Waals surface area contributed by atoms with Gasteiger partial charge in [0, 0.05) is 0 Å². The molecule has 0 saturated heterocycles. The van der Waals surface area contributed by atoms with E-state index in [1.54, 1.807) is 20.8 Å². The summed E-state index contributed by atoms with van der Waals surface area (Å²) in [6.07, 6.45) is -5.41. The number of rotatable bonds is 3. The lowest BCUT2D eigenvalue weighted by Gasteiger charge is -2.19. The topological polar surface area (TPSA) is 67.4 Å². The number of alkyl halides is 3. The van der Waals surface area contributed by atoms with Gasteiger partial charge in [-0.15, -0.1) is 0 Å². The Kier molecular flexibility index (Phi) is 5.40. The fraction of sp³-hybridized carbons (Fsp3) is 0.429. The van der Waals surface area contributed by atoms with E-state index < -0.39 is 35.9 Å². The number of carbonyl (C=O) groups excluding carboxylic acids is 2. The molecule has 22 heavy (non-hydrogen) atoms. The van der Waals surface area contributed by atoms with E-state index in [1.165, 1.54) is 12.1 Å². The molecule has 1 rings (SSSR count). The van der Waals surface area contributed by atoms with E-state index in [-0.39, 0.29) is 5.69 Å². The van der Waals surface area contributed by atoms with Crippen molar-refractivity contribution in [3.8, 4) is 0 Å². The Morgan fingerprint density at radius 2 is 1.73 bits per heavy atom. The average Bonchev–Trinajstić information content (AvgIpc) is 2.34. The van der Waals surface area contributed by atoms with Gasteiger partial charge < -0.3 is 15.4 Å². The van der Waals surface area contributed by atoms with Gasteiger partial charge in [0.05, 0.1) is 11.3 Å². The molecule has 0 aromatic heterocycles. The molecule has 0 radical (unpaired) electrons. The Balaban J connectivity index is 2.62. The van der Waals surface area contributed by atoms with Crippen LogP contribution >= 0.6 is 0 Å². The molecule has 0 aliphatic rings. The van der Waals surface area contributed by atoms with Gasteiger partial charge in [0.1, 0.15) is 12.1 Å². The van der Waals surface area contributed by atoms with Gasteiger partial charge in [0.15, 0.2) is 0 Å². The molecule has 1 aromatic carbocycles. The summed E-state index contributed by atoms with van der Waals surface area (Å²) in [6.45, 7) is 4.44. The highest BCUT2D eigenvalue weighted by atomic mass is 19.4. The van der Waals surface area contributed by atoms with E-state index in [9.17, 15) is 22.8 Å². The van der Waals surface area contributed by atoms with E-state index >= 15 is 0 Å². The van der Waals surface area contributed by atoms with Gasteiger partial charge in [0.2, 0.25) is 5.91 Å². The highest BCUT2D eigenvalue weighted by Crippen LogP contribution is 2.34. The molecule has 122 valence electrons. The summed E-state index contributed by atoms with van der Waals surface area (Å²) in [4.78, 5) is 23.0. The second-order valence-corrected chi connectivity index (χ2v) is 5.45. The van der Waals surface area contributed by atoms with Crippen LogP contribution in [0.4, 0.5) is 23.7 Å². The summed E-state index contributed by atoms with van der Waals surface area (Å²) < 4.78 is 43.2. The third kappa shape index (κ3) is 6.02. The molecule has 0 aliphatic carbocycles. The van der Waals surface area contributed by atoms with Gasteiger partial charge in [-0.2, -0.15) is 13.2 Å². The Morgan fingerprint density at radius 3 is 2.27 bits per heavy atom. The first kappa shape index (κ1) is 17.8. The van der Waals surface area contributed by atoms with Crippen molar-refractivity contribution in [3.63, 3.8) is 0 Å². The minimum absolute atomic E-state index is 0.369. The number of benzene rings is 1. The molecule has 0 spiro atoms. The minimum atomic E-state index is -4.58. The summed E-state index contributed by atoms with van der Waals surface area (Å²) in [6, 6.07) is 4.58. The number of halogens is 3. The van der Waals surface area contributed by atoms with Crippen molar-refractivity contribution in [1.29, 1.82) is 0 Å². The fourth-order valence-electron chi connectivity index (χ4n) is 1.50. The minimum Gasteiger partial charge on any atom is -0.444 e. The van der Waals surface area contributed by atoms with Gasteiger partial charge in [-0.3, -0.25) is 4.79 Å². The molecule has 0 heterocycles. The van der Waals surface area contributed by atoms with Crippen molar-refractivity contribution in [2.45, 2.75) is 32.5 Å². The highest BCUT2D eigenvalue weighted by molar-refractivity contribution is 5.94. The number of hydrogen-bond donors (Lipinski definition) is 2. The summed E-state index contributed by atoms with van der Waals surface area (Å²) in [7, 11) is 0. The Hall–Kier alpha value is -2.25. The number of amides is 2. The number of alkyl carbamates (subject to hydrolysis) is 1. The summed E-state index contributed by atoms with van der Waals surface area (Å²) in [5, 5.41) is 4.27. The molecular weight excluding hydrogens is 301 g/mol. The van der Waals surface area contributed by atoms with Crippen molar-refractivity contribution in [1.82, 2.24) is 5.32 Å². The van der Waals surface area contributed by atoms with Crippen LogP contribution in [0, 0.1) is 0 Å². The smallest absolute Gasteiger partial charge is 0.418 e. The summed E-state index contributed by atoms with van der Waals surface area (Å²) in [5.41, 5.74) is -2.06. The van der Waals surface area contributed by atoms with E-state index in [1.807, 2.05) is 0 Å². The first-order valence-corrected chi connectivity index (χ1v) is 6.42. The van der Waals surface area contributed by atoms with Gasteiger partial charge >= 0.3 is 12.3 Å². The zero-order valence-electron chi connectivity index (χ0n) is 12.4. The summed E-state index contributed by atoms with van der Waals surface area (Å²) in [5.74, 6) is -0.789. The van der Waals surface area contributed by atoms with Gasteiger partial charge in [0.25, 0.3) is 0 Å². The maximum absolute atomic E-state index is 12.8. The standard InChI is InChI=1S/C14H17F3N2O3/c1-13(2,3)22-12(21)18-8-11(20)19-10-7-5-4-6-9(10)14(15,16)17/h4-7H,8H2,1-3H3,(H,18,21)(H,19,20). The lowest BCUT2D eigenvalue weighted by atomic mass is 10.1. The van der Waals surface area contributed by atoms with Crippen molar-refractivity contribution >= 4 is 17.7 Å². The maximum atomic E-state index is 12.8. The molecule has 0 saturated carbocycles. The molecule has 1 aromatic rings. The molecule has 0 aliphatic heterocycles. The SMILES string of the molecule is CC(C)(C)OC(=O)NCC(=O)Nc1ccccc1C(F)(F)F. The number of ether oxygens (including phenoxy) is 1. The lowest BCUT2D eigenvalue weighted by Crippen LogP contribution is -2.37. The molecule has 5 nitrogen and oxygen atoms in total. The number of anilines is 1. The van der Waals surface area contributed by atoms with Crippen LogP contribution in [-0.4, -0.2) is 24.1 Å². The monoisotopic (exact) mass is 318 g/mol. The van der Waals surface area contributed by atoms with Gasteiger partial charge in [-0.25, -0.2) is 4.79 Å². The average molecular weight is 318 g/mol. The van der Waals surface area contributed by atoms with Crippen LogP contribution in [0.1, 0.15) is 26.3 Å². The van der Waals surface area contributed by atoms with E-state index in [4.69, 9.17) is 4.74 Å². The van der Waals surface area contributed by atoms with Crippen LogP contribution in [0.15, 0.2) is 24.3 Å². The predicted molar refractivity (Wildman–Crippen MR) is 74.3 cm³/mol. The zero-order chi connectivity index (χ0) is 17.0. The van der Waals surface area contributed by atoms with Gasteiger partial charge in [-0.1, -0.05) is 12.1 Å². The molecule has 0 fully saturated rings. The Labute approximate surface area is 125 Å². The van der Waals surface area contributed by atoms with Crippen molar-refractivity contribution in [3.05, 3.63) is 29.8 Å². The largest absolute Gasteiger partial charge is 0.444 e. The van der Waals surface area contributed by atoms with E-state index in [0.29, 0.717) is 0 Å². The van der Waals surface area contributed by atoms with Crippen LogP contribution < -0.4 is 10.6 Å². The molecular formula is C14H17F3N2O3. The van der Waals surface area contributed by atoms with E-state index in [0.717, 1.165) is 12.1 Å². The third-order valence-corrected chi connectivity index (χ3v) is 2.30. The van der Waals surface area contributed by atoms with Crippen molar-refractivity contribution < 1.29 is 27.5 Å². The van der Waals surface area contributed by atoms with Crippen LogP contribution in [0.5, 0.6) is 0 Å². The second-order valence-electron chi connectivity index (χ2n) is 5.45. The first-order valence-electron chi connectivity index (χ1n) is 6.42. The number of para-hydroxylation sites is 1. The zero-order valence-corrected chi connectivity index (χ0v) is 12.4. The van der Waals surface area contributed by atoms with Crippen molar-refractivity contribution in [2.24, 2.45) is 0 Å². The van der Waals surface area contributed by atoms with Crippen LogP contribution in [0.25, 0.3) is 0 Å². The normalized spacial score (nSPS) is 11.7. The first-order chi connectivity index (χ1) is 9.99. The molecule has 8 heteroatoms. The molecule has 0 bridgehead atoms. The van der Waals surface area contributed by atoms with Crippen molar-refractivity contribution in [2.75, 3.05) is 11.9 Å². The Morgan fingerprint density at radius 1 is 1.14 bits per heavy atom. The number of nitrogens with one attached hydrogen (secondary N) is 2. The lowest BCUT2D eigenvalue weighted by molar-refractivity contribution is -0.137. The fourth-order valence-corrected chi connectivity index (χ4v) is 1.50. The van der Waals surface area contributed by atoms with E-state index in [2.05, 4.69) is 10.6 Å². The van der Waals surface area contributed by atoms with Crippen LogP contribution in [0.2, 0.25) is 0 Å². The van der Waals surface area contributed by atoms with Crippen LogP contribution in [0.3, 0.4) is 0 Å².